The van der Waals surface area contributed by atoms with Crippen LogP contribution in [0.2, 0.25) is 0 Å². The van der Waals surface area contributed by atoms with Gasteiger partial charge in [0, 0.05) is 16.2 Å². The molecule has 100 valence electrons. The molecule has 5 heteroatoms. The van der Waals surface area contributed by atoms with E-state index in [2.05, 4.69) is 20.9 Å². The summed E-state index contributed by atoms with van der Waals surface area (Å²) in [6.45, 7) is 3.21. The number of aromatic nitrogens is 1. The summed E-state index contributed by atoms with van der Waals surface area (Å²) in [4.78, 5) is 3.99. The van der Waals surface area contributed by atoms with E-state index in [1.54, 1.807) is 38.4 Å². The van der Waals surface area contributed by atoms with Crippen LogP contribution in [0.15, 0.2) is 35.1 Å². The molecule has 1 aromatic carbocycles. The summed E-state index contributed by atoms with van der Waals surface area (Å²) in [5, 5.41) is 9.68. The number of hydrogen-bond donors (Lipinski definition) is 1. The van der Waals surface area contributed by atoms with E-state index in [-0.39, 0.29) is 5.82 Å². The molecule has 0 spiro atoms. The second kappa shape index (κ2) is 5.67. The molecule has 0 saturated heterocycles. The second-order valence-electron chi connectivity index (χ2n) is 4.26. The van der Waals surface area contributed by atoms with Gasteiger partial charge in [-0.15, -0.1) is 0 Å². The van der Waals surface area contributed by atoms with Gasteiger partial charge in [-0.05, 0) is 53.5 Å². The first-order valence-corrected chi connectivity index (χ1v) is 6.53. The highest BCUT2D eigenvalue weighted by Gasteiger charge is 2.14. The van der Waals surface area contributed by atoms with E-state index in [0.29, 0.717) is 22.6 Å². The van der Waals surface area contributed by atoms with Crippen LogP contribution in [0.1, 0.15) is 24.2 Å². The summed E-state index contributed by atoms with van der Waals surface area (Å²) < 4.78 is 20.0. The molecule has 3 nitrogen and oxygen atoms in total. The van der Waals surface area contributed by atoms with E-state index in [1.807, 2.05) is 0 Å². The molecule has 1 N–H and O–H groups in total. The molecule has 0 bridgehead atoms. The van der Waals surface area contributed by atoms with Gasteiger partial charge in [-0.25, -0.2) is 4.39 Å². The number of aryl methyl sites for hydroxylation is 1. The Kier molecular flexibility index (Phi) is 4.17. The molecule has 2 aromatic rings. The Labute approximate surface area is 119 Å². The van der Waals surface area contributed by atoms with Gasteiger partial charge < -0.3 is 9.84 Å². The number of halogens is 2. The molecule has 0 radical (unpaired) electrons. The van der Waals surface area contributed by atoms with Crippen LogP contribution < -0.4 is 4.74 Å². The maximum absolute atomic E-state index is 13.5. The minimum Gasteiger partial charge on any atom is -0.455 e. The lowest BCUT2D eigenvalue weighted by atomic mass is 10.1. The van der Waals surface area contributed by atoms with Crippen LogP contribution in [0.5, 0.6) is 11.5 Å². The average molecular weight is 326 g/mol. The summed E-state index contributed by atoms with van der Waals surface area (Å²) in [6, 6.07) is 4.61. The highest BCUT2D eigenvalue weighted by molar-refractivity contribution is 9.10. The SMILES string of the molecule is Cc1cc(Oc2cncc(Br)c2)c([C@H](C)O)cc1F. The summed E-state index contributed by atoms with van der Waals surface area (Å²) in [5.74, 6) is 0.576. The number of hydrogen-bond acceptors (Lipinski definition) is 3. The number of benzene rings is 1. The molecule has 0 amide bonds. The average Bonchev–Trinajstić information content (AvgIpc) is 2.33. The van der Waals surface area contributed by atoms with Crippen LogP contribution in [0.25, 0.3) is 0 Å². The van der Waals surface area contributed by atoms with Gasteiger partial charge in [-0.3, -0.25) is 4.98 Å². The summed E-state index contributed by atoms with van der Waals surface area (Å²) in [6.07, 6.45) is 2.37. The maximum atomic E-state index is 13.5. The summed E-state index contributed by atoms with van der Waals surface area (Å²) >= 11 is 3.30. The fourth-order valence-electron chi connectivity index (χ4n) is 1.66. The van der Waals surface area contributed by atoms with Crippen LogP contribution in [-0.2, 0) is 0 Å². The minimum absolute atomic E-state index is 0.365. The van der Waals surface area contributed by atoms with Crippen molar-refractivity contribution in [3.8, 4) is 11.5 Å². The van der Waals surface area contributed by atoms with E-state index >= 15 is 0 Å². The number of aliphatic hydroxyl groups is 1. The zero-order valence-corrected chi connectivity index (χ0v) is 12.1. The Morgan fingerprint density at radius 1 is 1.32 bits per heavy atom. The number of rotatable bonds is 3. The monoisotopic (exact) mass is 325 g/mol. The van der Waals surface area contributed by atoms with Crippen molar-refractivity contribution in [3.05, 3.63) is 52.0 Å². The Balaban J connectivity index is 2.41. The topological polar surface area (TPSA) is 42.4 Å². The van der Waals surface area contributed by atoms with Crippen molar-refractivity contribution >= 4 is 15.9 Å². The summed E-state index contributed by atoms with van der Waals surface area (Å²) in [7, 11) is 0. The van der Waals surface area contributed by atoms with Gasteiger partial charge >= 0.3 is 0 Å². The molecule has 0 aliphatic rings. The van der Waals surface area contributed by atoms with Crippen molar-refractivity contribution < 1.29 is 14.2 Å². The fraction of sp³-hybridized carbons (Fsp3) is 0.214. The number of ether oxygens (including phenoxy) is 1. The normalized spacial score (nSPS) is 12.3. The molecule has 1 aromatic heterocycles. The number of nitrogens with zero attached hydrogens (tertiary/aromatic N) is 1. The van der Waals surface area contributed by atoms with Gasteiger partial charge in [-0.1, -0.05) is 0 Å². The van der Waals surface area contributed by atoms with Gasteiger partial charge in [-0.2, -0.15) is 0 Å². The Hall–Kier alpha value is -1.46. The molecule has 0 aliphatic heterocycles. The molecule has 2 rings (SSSR count). The quantitative estimate of drug-likeness (QED) is 0.922. The third-order valence-electron chi connectivity index (χ3n) is 2.65. The van der Waals surface area contributed by atoms with Gasteiger partial charge in [0.25, 0.3) is 0 Å². The van der Waals surface area contributed by atoms with E-state index in [0.717, 1.165) is 4.47 Å². The third-order valence-corrected chi connectivity index (χ3v) is 3.08. The number of aliphatic hydroxyl groups excluding tert-OH is 1. The molecule has 1 atom stereocenters. The van der Waals surface area contributed by atoms with Gasteiger partial charge in [0.2, 0.25) is 0 Å². The predicted molar refractivity (Wildman–Crippen MR) is 73.8 cm³/mol. The van der Waals surface area contributed by atoms with E-state index in [1.165, 1.54) is 6.07 Å². The highest BCUT2D eigenvalue weighted by atomic mass is 79.9. The van der Waals surface area contributed by atoms with Crippen LogP contribution in [0.4, 0.5) is 4.39 Å². The molecule has 0 fully saturated rings. The molecule has 19 heavy (non-hydrogen) atoms. The molecule has 0 unspecified atom stereocenters. The van der Waals surface area contributed by atoms with Crippen molar-refractivity contribution in [1.82, 2.24) is 4.98 Å². The zero-order valence-electron chi connectivity index (χ0n) is 10.5. The van der Waals surface area contributed by atoms with Crippen molar-refractivity contribution in [1.29, 1.82) is 0 Å². The van der Waals surface area contributed by atoms with E-state index in [9.17, 15) is 9.50 Å². The molecular formula is C14H13BrFNO2. The first kappa shape index (κ1) is 14.0. The lowest BCUT2D eigenvalue weighted by Gasteiger charge is -2.14. The number of pyridine rings is 1. The van der Waals surface area contributed by atoms with Crippen LogP contribution in [-0.4, -0.2) is 10.1 Å². The van der Waals surface area contributed by atoms with Crippen LogP contribution >= 0.6 is 15.9 Å². The Bertz CT molecular complexity index is 602. The minimum atomic E-state index is -0.815. The van der Waals surface area contributed by atoms with Gasteiger partial charge in [0.15, 0.2) is 0 Å². The van der Waals surface area contributed by atoms with Crippen LogP contribution in [0, 0.1) is 12.7 Å². The van der Waals surface area contributed by atoms with Gasteiger partial charge in [0.05, 0.1) is 12.3 Å². The molecular weight excluding hydrogens is 313 g/mol. The first-order valence-electron chi connectivity index (χ1n) is 5.74. The van der Waals surface area contributed by atoms with Crippen molar-refractivity contribution in [3.63, 3.8) is 0 Å². The zero-order chi connectivity index (χ0) is 14.0. The lowest BCUT2D eigenvalue weighted by Crippen LogP contribution is -1.99. The van der Waals surface area contributed by atoms with E-state index < -0.39 is 6.10 Å². The predicted octanol–water partition coefficient (Wildman–Crippen LogP) is 4.14. The van der Waals surface area contributed by atoms with Crippen LogP contribution in [0.3, 0.4) is 0 Å². The standard InChI is InChI=1S/C14H13BrFNO2/c1-8-3-14(12(9(2)18)5-13(8)16)19-11-4-10(15)6-17-7-11/h3-7,9,18H,1-2H3/t9-/m0/s1. The van der Waals surface area contributed by atoms with Crippen molar-refractivity contribution in [2.24, 2.45) is 0 Å². The molecule has 0 saturated carbocycles. The van der Waals surface area contributed by atoms with Gasteiger partial charge in [0.1, 0.15) is 17.3 Å². The first-order chi connectivity index (χ1) is 8.97. The largest absolute Gasteiger partial charge is 0.455 e. The van der Waals surface area contributed by atoms with E-state index in [4.69, 9.17) is 4.74 Å². The summed E-state index contributed by atoms with van der Waals surface area (Å²) in [5.41, 5.74) is 0.866. The van der Waals surface area contributed by atoms with Crippen molar-refractivity contribution in [2.75, 3.05) is 0 Å². The van der Waals surface area contributed by atoms with Crippen molar-refractivity contribution in [2.45, 2.75) is 20.0 Å². The molecule has 0 aliphatic carbocycles. The fourth-order valence-corrected chi connectivity index (χ4v) is 2.00. The maximum Gasteiger partial charge on any atom is 0.146 e. The second-order valence-corrected chi connectivity index (χ2v) is 5.17. The highest BCUT2D eigenvalue weighted by Crippen LogP contribution is 2.32. The molecule has 1 heterocycles. The Morgan fingerprint density at radius 2 is 2.05 bits per heavy atom. The Morgan fingerprint density at radius 3 is 2.68 bits per heavy atom. The smallest absolute Gasteiger partial charge is 0.146 e. The third kappa shape index (κ3) is 3.30. The lowest BCUT2D eigenvalue weighted by molar-refractivity contribution is 0.195.